The molecule has 0 saturated heterocycles. The molecule has 2 aromatic carbocycles. The van der Waals surface area contributed by atoms with Crippen LogP contribution in [0.5, 0.6) is 11.5 Å². The van der Waals surface area contributed by atoms with E-state index in [-0.39, 0.29) is 18.3 Å². The van der Waals surface area contributed by atoms with Crippen molar-refractivity contribution in [3.05, 3.63) is 42.2 Å². The molecule has 1 amide bonds. The van der Waals surface area contributed by atoms with Crippen molar-refractivity contribution in [1.29, 1.82) is 0 Å². The van der Waals surface area contributed by atoms with Crippen molar-refractivity contribution < 1.29 is 18.7 Å². The molecule has 4 rings (SSSR count). The number of amides is 1. The Labute approximate surface area is 153 Å². The first kappa shape index (κ1) is 16.6. The van der Waals surface area contributed by atoms with Crippen LogP contribution in [0.2, 0.25) is 0 Å². The molecule has 1 aliphatic heterocycles. The van der Waals surface area contributed by atoms with Crippen LogP contribution in [0.15, 0.2) is 36.4 Å². The minimum atomic E-state index is -0.362. The van der Waals surface area contributed by atoms with Crippen LogP contribution in [0.4, 0.5) is 15.2 Å². The van der Waals surface area contributed by atoms with Crippen molar-refractivity contribution in [3.63, 3.8) is 0 Å². The van der Waals surface area contributed by atoms with Crippen LogP contribution in [0.25, 0.3) is 10.2 Å². The summed E-state index contributed by atoms with van der Waals surface area (Å²) < 4.78 is 25.5. The molecule has 0 bridgehead atoms. The Kier molecular flexibility index (Phi) is 4.34. The third-order valence-electron chi connectivity index (χ3n) is 3.89. The second kappa shape index (κ2) is 6.80. The normalized spacial score (nSPS) is 12.8. The van der Waals surface area contributed by atoms with Gasteiger partial charge in [0.1, 0.15) is 24.5 Å². The number of carbonyl (C=O) groups excluding carboxylic acids is 1. The molecule has 3 aromatic rings. The minimum absolute atomic E-state index is 0.0931. The van der Waals surface area contributed by atoms with Gasteiger partial charge in [-0.15, -0.1) is 0 Å². The lowest BCUT2D eigenvalue weighted by atomic mass is 10.2. The van der Waals surface area contributed by atoms with Crippen LogP contribution in [0.3, 0.4) is 0 Å². The lowest BCUT2D eigenvalue weighted by Gasteiger charge is -2.19. The molecule has 2 heterocycles. The molecule has 0 atom stereocenters. The van der Waals surface area contributed by atoms with Crippen molar-refractivity contribution in [2.45, 2.75) is 0 Å². The fourth-order valence-corrected chi connectivity index (χ4v) is 3.61. The van der Waals surface area contributed by atoms with Gasteiger partial charge in [0.25, 0.3) is 0 Å². The second-order valence-electron chi connectivity index (χ2n) is 5.85. The van der Waals surface area contributed by atoms with Crippen LogP contribution < -0.4 is 19.7 Å². The Morgan fingerprint density at radius 3 is 2.88 bits per heavy atom. The fourth-order valence-electron chi connectivity index (χ4n) is 2.67. The number of rotatable bonds is 4. The maximum Gasteiger partial charge on any atom is 0.243 e. The summed E-state index contributed by atoms with van der Waals surface area (Å²) in [5, 5.41) is 3.41. The molecule has 6 nitrogen and oxygen atoms in total. The Hall–Kier alpha value is -2.87. The number of ether oxygens (including phenoxy) is 2. The average molecular weight is 373 g/mol. The molecule has 0 unspecified atom stereocenters. The Morgan fingerprint density at radius 2 is 2.08 bits per heavy atom. The van der Waals surface area contributed by atoms with Gasteiger partial charge in [-0.2, -0.15) is 0 Å². The van der Waals surface area contributed by atoms with Gasteiger partial charge in [0.15, 0.2) is 16.6 Å². The number of halogens is 1. The topological polar surface area (TPSA) is 63.7 Å². The molecule has 26 heavy (non-hydrogen) atoms. The quantitative estimate of drug-likeness (QED) is 0.760. The van der Waals surface area contributed by atoms with E-state index in [0.29, 0.717) is 41.0 Å². The summed E-state index contributed by atoms with van der Waals surface area (Å²) in [6.45, 7) is 1.10. The van der Waals surface area contributed by atoms with Crippen LogP contribution in [-0.4, -0.2) is 37.7 Å². The number of thiazole rings is 1. The molecule has 1 aliphatic rings. The van der Waals surface area contributed by atoms with Gasteiger partial charge in [-0.05, 0) is 24.3 Å². The van der Waals surface area contributed by atoms with Crippen LogP contribution >= 0.6 is 11.3 Å². The Morgan fingerprint density at radius 1 is 1.27 bits per heavy atom. The van der Waals surface area contributed by atoms with Crippen LogP contribution in [0.1, 0.15) is 0 Å². The molecule has 134 valence electrons. The zero-order chi connectivity index (χ0) is 18.1. The van der Waals surface area contributed by atoms with Crippen molar-refractivity contribution in [2.75, 3.05) is 37.0 Å². The van der Waals surface area contributed by atoms with E-state index in [1.807, 2.05) is 6.07 Å². The number of fused-ring (bicyclic) bond motifs is 2. The lowest BCUT2D eigenvalue weighted by Crippen LogP contribution is -2.30. The van der Waals surface area contributed by atoms with E-state index in [1.165, 1.54) is 17.4 Å². The summed E-state index contributed by atoms with van der Waals surface area (Å²) in [4.78, 5) is 18.3. The maximum absolute atomic E-state index is 13.8. The van der Waals surface area contributed by atoms with Gasteiger partial charge in [-0.25, -0.2) is 9.37 Å². The van der Waals surface area contributed by atoms with Crippen molar-refractivity contribution in [3.8, 4) is 11.5 Å². The fraction of sp³-hybridized carbons (Fsp3) is 0.222. The molecule has 0 fully saturated rings. The predicted molar refractivity (Wildman–Crippen MR) is 98.9 cm³/mol. The lowest BCUT2D eigenvalue weighted by molar-refractivity contribution is -0.114. The molecule has 1 N–H and O–H groups in total. The highest BCUT2D eigenvalue weighted by atomic mass is 32.1. The number of aromatic nitrogens is 1. The summed E-state index contributed by atoms with van der Waals surface area (Å²) in [6.07, 6.45) is 0. The van der Waals surface area contributed by atoms with Crippen LogP contribution in [0, 0.1) is 5.82 Å². The van der Waals surface area contributed by atoms with Gasteiger partial charge in [-0.1, -0.05) is 17.4 Å². The van der Waals surface area contributed by atoms with E-state index >= 15 is 0 Å². The Bertz CT molecular complexity index is 975. The minimum Gasteiger partial charge on any atom is -0.486 e. The first-order chi connectivity index (χ1) is 12.6. The largest absolute Gasteiger partial charge is 0.486 e. The molecule has 0 saturated carbocycles. The van der Waals surface area contributed by atoms with Crippen molar-refractivity contribution in [2.24, 2.45) is 0 Å². The third kappa shape index (κ3) is 3.28. The number of carbonyl (C=O) groups is 1. The maximum atomic E-state index is 13.8. The Balaban J connectivity index is 1.44. The van der Waals surface area contributed by atoms with Gasteiger partial charge < -0.3 is 19.7 Å². The summed E-state index contributed by atoms with van der Waals surface area (Å²) in [5.74, 6) is 0.718. The number of benzene rings is 2. The van der Waals surface area contributed by atoms with E-state index in [1.54, 1.807) is 36.2 Å². The molecule has 1 aromatic heterocycles. The molecule has 8 heteroatoms. The highest BCUT2D eigenvalue weighted by molar-refractivity contribution is 7.22. The number of anilines is 2. The van der Waals surface area contributed by atoms with Gasteiger partial charge >= 0.3 is 0 Å². The van der Waals surface area contributed by atoms with Gasteiger partial charge in [-0.3, -0.25) is 4.79 Å². The monoisotopic (exact) mass is 373 g/mol. The van der Waals surface area contributed by atoms with E-state index < -0.39 is 0 Å². The van der Waals surface area contributed by atoms with Crippen LogP contribution in [-0.2, 0) is 4.79 Å². The summed E-state index contributed by atoms with van der Waals surface area (Å²) in [5.41, 5.74) is 0.953. The van der Waals surface area contributed by atoms with Gasteiger partial charge in [0, 0.05) is 18.8 Å². The summed E-state index contributed by atoms with van der Waals surface area (Å²) in [6, 6.07) is 10.1. The third-order valence-corrected chi connectivity index (χ3v) is 5.03. The van der Waals surface area contributed by atoms with Crippen molar-refractivity contribution in [1.82, 2.24) is 4.98 Å². The highest BCUT2D eigenvalue weighted by Gasteiger charge is 2.16. The van der Waals surface area contributed by atoms with E-state index in [2.05, 4.69) is 10.3 Å². The second-order valence-corrected chi connectivity index (χ2v) is 6.85. The number of likely N-dealkylation sites (N-methyl/N-ethyl adjacent to an activating group) is 1. The number of hydrogen-bond acceptors (Lipinski definition) is 6. The number of para-hydroxylation sites is 1. The first-order valence-corrected chi connectivity index (χ1v) is 8.87. The van der Waals surface area contributed by atoms with E-state index in [0.717, 1.165) is 4.70 Å². The zero-order valence-electron chi connectivity index (χ0n) is 14.0. The highest BCUT2D eigenvalue weighted by Crippen LogP contribution is 2.33. The molecular weight excluding hydrogens is 357 g/mol. The predicted octanol–water partition coefficient (Wildman–Crippen LogP) is 3.28. The standard InChI is InChI=1S/C18H16FN3O3S/c1-22(18-21-17-12(19)3-2-4-15(17)26-18)10-16(23)20-11-5-6-13-14(9-11)25-8-7-24-13/h2-6,9H,7-8,10H2,1H3,(H,20,23). The van der Waals surface area contributed by atoms with Gasteiger partial charge in [0.2, 0.25) is 5.91 Å². The van der Waals surface area contributed by atoms with E-state index in [9.17, 15) is 9.18 Å². The SMILES string of the molecule is CN(CC(=O)Nc1ccc2c(c1)OCCO2)c1nc2c(F)cccc2s1. The van der Waals surface area contributed by atoms with Crippen molar-refractivity contribution >= 4 is 38.3 Å². The van der Waals surface area contributed by atoms with E-state index in [4.69, 9.17) is 9.47 Å². The summed E-state index contributed by atoms with van der Waals surface area (Å²) >= 11 is 1.34. The zero-order valence-corrected chi connectivity index (χ0v) is 14.8. The number of hydrogen-bond donors (Lipinski definition) is 1. The summed E-state index contributed by atoms with van der Waals surface area (Å²) in [7, 11) is 1.75. The number of nitrogens with zero attached hydrogens (tertiary/aromatic N) is 2. The molecule has 0 spiro atoms. The molecular formula is C18H16FN3O3S. The first-order valence-electron chi connectivity index (χ1n) is 8.06. The average Bonchev–Trinajstić information content (AvgIpc) is 3.07. The number of nitrogens with one attached hydrogen (secondary N) is 1. The van der Waals surface area contributed by atoms with Gasteiger partial charge in [0.05, 0.1) is 11.2 Å². The smallest absolute Gasteiger partial charge is 0.243 e. The molecule has 0 aliphatic carbocycles. The molecule has 0 radical (unpaired) electrons.